The van der Waals surface area contributed by atoms with Gasteiger partial charge in [0.1, 0.15) is 0 Å². The molecular weight excluding hydrogens is 368 g/mol. The van der Waals surface area contributed by atoms with Gasteiger partial charge in [-0.2, -0.15) is 0 Å². The van der Waals surface area contributed by atoms with Crippen molar-refractivity contribution in [1.82, 2.24) is 0 Å². The Kier molecular flexibility index (Phi) is 3.62. The zero-order chi connectivity index (χ0) is 20.3. The third-order valence-corrected chi connectivity index (χ3v) is 7.33. The Hall–Kier alpha value is -3.20. The zero-order valence-electron chi connectivity index (χ0n) is 16.5. The molecule has 2 nitrogen and oxygen atoms in total. The average molecular weight is 390 g/mol. The van der Waals surface area contributed by atoms with Crippen LogP contribution in [0.4, 0.5) is 0 Å². The van der Waals surface area contributed by atoms with Gasteiger partial charge in [-0.05, 0) is 44.5 Å². The molecule has 0 amide bonds. The molecule has 0 aliphatic heterocycles. The molecule has 0 saturated carbocycles. The summed E-state index contributed by atoms with van der Waals surface area (Å²) in [5.41, 5.74) is 7.30. The van der Waals surface area contributed by atoms with Crippen molar-refractivity contribution in [2.24, 2.45) is 0 Å². The highest BCUT2D eigenvalue weighted by atomic mass is 16.3. The second kappa shape index (κ2) is 6.15. The first-order valence-electron chi connectivity index (χ1n) is 10.4. The smallest absolute Gasteiger partial charge is 0.0605 e. The third kappa shape index (κ3) is 1.82. The van der Waals surface area contributed by atoms with Gasteiger partial charge in [-0.15, -0.1) is 0 Å². The van der Waals surface area contributed by atoms with Crippen LogP contribution in [0.3, 0.4) is 0 Å². The molecule has 0 heterocycles. The quantitative estimate of drug-likeness (QED) is 0.522. The van der Waals surface area contributed by atoms with Crippen LogP contribution in [-0.4, -0.2) is 23.4 Å². The number of fused-ring (bicyclic) bond motifs is 6. The van der Waals surface area contributed by atoms with E-state index >= 15 is 0 Å². The third-order valence-electron chi connectivity index (χ3n) is 7.33. The predicted molar refractivity (Wildman–Crippen MR) is 119 cm³/mol. The SMILES string of the molecule is OCC1(C2(CO)c3ccccc3-c3ccccc32)c2ccccc2-c2ccccc21. The molecule has 4 aromatic rings. The van der Waals surface area contributed by atoms with Crippen LogP contribution in [0.5, 0.6) is 0 Å². The summed E-state index contributed by atoms with van der Waals surface area (Å²) in [4.78, 5) is 0. The monoisotopic (exact) mass is 390 g/mol. The molecule has 0 saturated heterocycles. The van der Waals surface area contributed by atoms with E-state index in [1.807, 2.05) is 48.5 Å². The lowest BCUT2D eigenvalue weighted by molar-refractivity contribution is 0.111. The first kappa shape index (κ1) is 17.6. The molecule has 2 aliphatic carbocycles. The maximum atomic E-state index is 11.2. The molecule has 30 heavy (non-hydrogen) atoms. The lowest BCUT2D eigenvalue weighted by atomic mass is 9.55. The Morgan fingerprint density at radius 1 is 0.400 bits per heavy atom. The van der Waals surface area contributed by atoms with Crippen LogP contribution in [0.15, 0.2) is 97.1 Å². The van der Waals surface area contributed by atoms with Crippen LogP contribution in [0.1, 0.15) is 22.3 Å². The highest BCUT2D eigenvalue weighted by molar-refractivity contribution is 5.89. The molecular formula is C28H22O2. The molecule has 0 spiro atoms. The van der Waals surface area contributed by atoms with Crippen LogP contribution < -0.4 is 0 Å². The Morgan fingerprint density at radius 3 is 0.867 bits per heavy atom. The maximum absolute atomic E-state index is 11.2. The van der Waals surface area contributed by atoms with E-state index in [1.165, 1.54) is 0 Å². The van der Waals surface area contributed by atoms with Crippen LogP contribution in [-0.2, 0) is 10.8 Å². The highest BCUT2D eigenvalue weighted by Gasteiger charge is 2.62. The second-order valence-corrected chi connectivity index (χ2v) is 8.31. The maximum Gasteiger partial charge on any atom is 0.0605 e. The molecule has 2 N–H and O–H groups in total. The molecule has 0 bridgehead atoms. The fourth-order valence-electron chi connectivity index (χ4n) is 6.18. The minimum atomic E-state index is -0.780. The second-order valence-electron chi connectivity index (χ2n) is 8.31. The van der Waals surface area contributed by atoms with Crippen LogP contribution in [0.25, 0.3) is 22.3 Å². The first-order chi connectivity index (χ1) is 14.8. The highest BCUT2D eigenvalue weighted by Crippen LogP contribution is 2.64. The predicted octanol–water partition coefficient (Wildman–Crippen LogP) is 4.90. The topological polar surface area (TPSA) is 40.5 Å². The Morgan fingerprint density at radius 2 is 0.633 bits per heavy atom. The summed E-state index contributed by atoms with van der Waals surface area (Å²) < 4.78 is 0. The molecule has 0 fully saturated rings. The van der Waals surface area contributed by atoms with E-state index in [0.29, 0.717) is 0 Å². The summed E-state index contributed by atoms with van der Waals surface area (Å²) >= 11 is 0. The lowest BCUT2D eigenvalue weighted by Crippen LogP contribution is -2.53. The van der Waals surface area contributed by atoms with Gasteiger partial charge in [0, 0.05) is 0 Å². The van der Waals surface area contributed by atoms with Crippen molar-refractivity contribution in [3.63, 3.8) is 0 Å². The summed E-state index contributed by atoms with van der Waals surface area (Å²) in [6.45, 7) is -0.186. The minimum Gasteiger partial charge on any atom is -0.395 e. The van der Waals surface area contributed by atoms with Gasteiger partial charge in [0.25, 0.3) is 0 Å². The van der Waals surface area contributed by atoms with Gasteiger partial charge in [-0.1, -0.05) is 97.1 Å². The minimum absolute atomic E-state index is 0.0930. The van der Waals surface area contributed by atoms with E-state index in [2.05, 4.69) is 48.5 Å². The van der Waals surface area contributed by atoms with Gasteiger partial charge < -0.3 is 10.2 Å². The van der Waals surface area contributed by atoms with Gasteiger partial charge in [-0.25, -0.2) is 0 Å². The molecule has 146 valence electrons. The molecule has 0 aromatic heterocycles. The molecule has 6 rings (SSSR count). The lowest BCUT2D eigenvalue weighted by Gasteiger charge is -2.47. The number of rotatable bonds is 3. The molecule has 2 heteroatoms. The van der Waals surface area contributed by atoms with Crippen LogP contribution in [0, 0.1) is 0 Å². The van der Waals surface area contributed by atoms with E-state index in [4.69, 9.17) is 0 Å². The van der Waals surface area contributed by atoms with Gasteiger partial charge >= 0.3 is 0 Å². The van der Waals surface area contributed by atoms with Gasteiger partial charge in [0.2, 0.25) is 0 Å². The Bertz CT molecular complexity index is 1100. The van der Waals surface area contributed by atoms with Crippen LogP contribution in [0.2, 0.25) is 0 Å². The van der Waals surface area contributed by atoms with Crippen molar-refractivity contribution >= 4 is 0 Å². The Balaban J connectivity index is 1.82. The van der Waals surface area contributed by atoms with E-state index < -0.39 is 10.8 Å². The summed E-state index contributed by atoms with van der Waals surface area (Å²) in [6, 6.07) is 33.3. The number of hydrogen-bond acceptors (Lipinski definition) is 2. The summed E-state index contributed by atoms with van der Waals surface area (Å²) in [5, 5.41) is 22.4. The van der Waals surface area contributed by atoms with E-state index in [-0.39, 0.29) is 13.2 Å². The van der Waals surface area contributed by atoms with Crippen molar-refractivity contribution in [3.8, 4) is 22.3 Å². The fraction of sp³-hybridized carbons (Fsp3) is 0.143. The molecule has 4 aromatic carbocycles. The van der Waals surface area contributed by atoms with E-state index in [1.54, 1.807) is 0 Å². The standard InChI is InChI=1S/C28H22O2/c29-17-27(23-13-5-1-9-19(23)20-10-2-6-14-24(20)27)28(18-30)25-15-7-3-11-21(25)22-12-4-8-16-26(22)28/h1-16,29-30H,17-18H2. The summed E-state index contributed by atoms with van der Waals surface area (Å²) in [5.74, 6) is 0. The summed E-state index contributed by atoms with van der Waals surface area (Å²) in [6.07, 6.45) is 0. The van der Waals surface area contributed by atoms with Crippen LogP contribution >= 0.6 is 0 Å². The van der Waals surface area contributed by atoms with Crippen molar-refractivity contribution in [3.05, 3.63) is 119 Å². The number of hydrogen-bond donors (Lipinski definition) is 2. The van der Waals surface area contributed by atoms with Crippen molar-refractivity contribution in [2.75, 3.05) is 13.2 Å². The summed E-state index contributed by atoms with van der Waals surface area (Å²) in [7, 11) is 0. The number of aliphatic hydroxyl groups is 2. The molecule has 0 unspecified atom stereocenters. The van der Waals surface area contributed by atoms with Gasteiger partial charge in [-0.3, -0.25) is 0 Å². The molecule has 0 radical (unpaired) electrons. The van der Waals surface area contributed by atoms with Crippen molar-refractivity contribution in [1.29, 1.82) is 0 Å². The fourth-order valence-corrected chi connectivity index (χ4v) is 6.18. The molecule has 2 aliphatic rings. The van der Waals surface area contributed by atoms with Gasteiger partial charge in [0.15, 0.2) is 0 Å². The largest absolute Gasteiger partial charge is 0.395 e. The van der Waals surface area contributed by atoms with Crippen molar-refractivity contribution < 1.29 is 10.2 Å². The average Bonchev–Trinajstić information content (AvgIpc) is 3.28. The molecule has 0 atom stereocenters. The Labute approximate surface area is 176 Å². The first-order valence-corrected chi connectivity index (χ1v) is 10.4. The zero-order valence-corrected chi connectivity index (χ0v) is 16.5. The van der Waals surface area contributed by atoms with Gasteiger partial charge in [0.05, 0.1) is 24.0 Å². The van der Waals surface area contributed by atoms with E-state index in [9.17, 15) is 10.2 Å². The number of aliphatic hydroxyl groups excluding tert-OH is 2. The normalized spacial score (nSPS) is 16.5. The van der Waals surface area contributed by atoms with Crippen molar-refractivity contribution in [2.45, 2.75) is 10.8 Å². The van der Waals surface area contributed by atoms with E-state index in [0.717, 1.165) is 44.5 Å². The number of benzene rings is 4.